The second-order valence-electron chi connectivity index (χ2n) is 4.99. The molecule has 0 fully saturated rings. The summed E-state index contributed by atoms with van der Waals surface area (Å²) in [5, 5.41) is 9.20. The molecule has 0 radical (unpaired) electrons. The molecule has 0 bridgehead atoms. The first kappa shape index (κ1) is 14.7. The molecule has 5 heteroatoms. The van der Waals surface area contributed by atoms with E-state index < -0.39 is 12.3 Å². The van der Waals surface area contributed by atoms with E-state index in [1.165, 1.54) is 12.3 Å². The SMILES string of the molecule is Cc1ccc(C)c(Cn2ccc(C(O)C(F)(F)F)c2)c1. The second kappa shape index (κ2) is 5.32. The molecule has 108 valence electrons. The van der Waals surface area contributed by atoms with E-state index in [-0.39, 0.29) is 5.56 Å². The van der Waals surface area contributed by atoms with E-state index in [0.29, 0.717) is 6.54 Å². The van der Waals surface area contributed by atoms with Crippen LogP contribution in [0.15, 0.2) is 36.7 Å². The topological polar surface area (TPSA) is 25.2 Å². The van der Waals surface area contributed by atoms with Gasteiger partial charge in [-0.05, 0) is 31.0 Å². The average molecular weight is 283 g/mol. The Balaban J connectivity index is 2.20. The van der Waals surface area contributed by atoms with Crippen LogP contribution in [0.1, 0.15) is 28.4 Å². The van der Waals surface area contributed by atoms with Crippen molar-refractivity contribution in [2.24, 2.45) is 0 Å². The number of benzene rings is 1. The number of nitrogens with zero attached hydrogens (tertiary/aromatic N) is 1. The zero-order chi connectivity index (χ0) is 14.9. The van der Waals surface area contributed by atoms with Gasteiger partial charge < -0.3 is 9.67 Å². The highest BCUT2D eigenvalue weighted by Crippen LogP contribution is 2.32. The van der Waals surface area contributed by atoms with Gasteiger partial charge >= 0.3 is 6.18 Å². The maximum atomic E-state index is 12.4. The Bertz CT molecular complexity index is 601. The van der Waals surface area contributed by atoms with Gasteiger partial charge in [-0.15, -0.1) is 0 Å². The van der Waals surface area contributed by atoms with Crippen LogP contribution in [0.5, 0.6) is 0 Å². The minimum Gasteiger partial charge on any atom is -0.379 e. The zero-order valence-electron chi connectivity index (χ0n) is 11.3. The van der Waals surface area contributed by atoms with Crippen molar-refractivity contribution in [2.45, 2.75) is 32.7 Å². The molecule has 0 amide bonds. The van der Waals surface area contributed by atoms with E-state index in [1.807, 2.05) is 32.0 Å². The Morgan fingerprint density at radius 2 is 1.90 bits per heavy atom. The molecule has 0 aliphatic carbocycles. The summed E-state index contributed by atoms with van der Waals surface area (Å²) in [7, 11) is 0. The number of aliphatic hydroxyl groups is 1. The molecule has 2 rings (SSSR count). The van der Waals surface area contributed by atoms with Crippen LogP contribution < -0.4 is 0 Å². The monoisotopic (exact) mass is 283 g/mol. The minimum absolute atomic E-state index is 0.136. The Hall–Kier alpha value is -1.75. The third-order valence-corrected chi connectivity index (χ3v) is 3.26. The van der Waals surface area contributed by atoms with Gasteiger partial charge in [-0.25, -0.2) is 0 Å². The summed E-state index contributed by atoms with van der Waals surface area (Å²) in [5.41, 5.74) is 3.10. The number of hydrogen-bond donors (Lipinski definition) is 1. The van der Waals surface area contributed by atoms with Gasteiger partial charge in [-0.1, -0.05) is 23.8 Å². The molecule has 1 N–H and O–H groups in total. The van der Waals surface area contributed by atoms with E-state index in [1.54, 1.807) is 10.8 Å². The van der Waals surface area contributed by atoms with Crippen molar-refractivity contribution in [1.29, 1.82) is 0 Å². The number of rotatable bonds is 3. The third kappa shape index (κ3) is 3.22. The Labute approximate surface area is 115 Å². The molecule has 1 unspecified atom stereocenters. The predicted octanol–water partition coefficient (Wildman–Crippen LogP) is 3.75. The number of aromatic nitrogens is 1. The van der Waals surface area contributed by atoms with Gasteiger partial charge in [0.1, 0.15) is 0 Å². The third-order valence-electron chi connectivity index (χ3n) is 3.26. The lowest BCUT2D eigenvalue weighted by Crippen LogP contribution is -2.19. The molecule has 1 aromatic carbocycles. The van der Waals surface area contributed by atoms with Gasteiger partial charge in [0.2, 0.25) is 0 Å². The maximum absolute atomic E-state index is 12.4. The van der Waals surface area contributed by atoms with Gasteiger partial charge in [0.25, 0.3) is 0 Å². The fourth-order valence-electron chi connectivity index (χ4n) is 2.08. The van der Waals surface area contributed by atoms with Crippen molar-refractivity contribution in [3.63, 3.8) is 0 Å². The molecular formula is C15H16F3NO. The van der Waals surface area contributed by atoms with Gasteiger partial charge in [-0.2, -0.15) is 13.2 Å². The molecule has 0 saturated heterocycles. The number of alkyl halides is 3. The lowest BCUT2D eigenvalue weighted by Gasteiger charge is -2.13. The van der Waals surface area contributed by atoms with Crippen LogP contribution in [0.4, 0.5) is 13.2 Å². The van der Waals surface area contributed by atoms with E-state index >= 15 is 0 Å². The number of hydrogen-bond acceptors (Lipinski definition) is 1. The fraction of sp³-hybridized carbons (Fsp3) is 0.333. The highest BCUT2D eigenvalue weighted by Gasteiger charge is 2.39. The quantitative estimate of drug-likeness (QED) is 0.912. The summed E-state index contributed by atoms with van der Waals surface area (Å²) in [6.07, 6.45) is -4.18. The van der Waals surface area contributed by atoms with E-state index in [0.717, 1.165) is 16.7 Å². The van der Waals surface area contributed by atoms with Crippen LogP contribution in [-0.4, -0.2) is 15.8 Å². The molecule has 2 nitrogen and oxygen atoms in total. The summed E-state index contributed by atoms with van der Waals surface area (Å²) in [4.78, 5) is 0. The first-order valence-electron chi connectivity index (χ1n) is 6.24. The first-order valence-corrected chi connectivity index (χ1v) is 6.24. The Morgan fingerprint density at radius 1 is 1.20 bits per heavy atom. The number of halogens is 3. The molecular weight excluding hydrogens is 267 g/mol. The van der Waals surface area contributed by atoms with Gasteiger partial charge in [0, 0.05) is 24.5 Å². The van der Waals surface area contributed by atoms with E-state index in [2.05, 4.69) is 0 Å². The van der Waals surface area contributed by atoms with Crippen molar-refractivity contribution >= 4 is 0 Å². The minimum atomic E-state index is -4.63. The fourth-order valence-corrected chi connectivity index (χ4v) is 2.08. The van der Waals surface area contributed by atoms with Crippen molar-refractivity contribution in [3.8, 4) is 0 Å². The van der Waals surface area contributed by atoms with E-state index in [4.69, 9.17) is 0 Å². The number of aliphatic hydroxyl groups excluding tert-OH is 1. The zero-order valence-corrected chi connectivity index (χ0v) is 11.3. The van der Waals surface area contributed by atoms with Crippen molar-refractivity contribution in [1.82, 2.24) is 4.57 Å². The largest absolute Gasteiger partial charge is 0.418 e. The molecule has 0 spiro atoms. The summed E-state index contributed by atoms with van der Waals surface area (Å²) in [5.74, 6) is 0. The van der Waals surface area contributed by atoms with Crippen LogP contribution in [0.25, 0.3) is 0 Å². The maximum Gasteiger partial charge on any atom is 0.418 e. The average Bonchev–Trinajstić information content (AvgIpc) is 2.80. The predicted molar refractivity (Wildman–Crippen MR) is 70.5 cm³/mol. The molecule has 0 saturated carbocycles. The van der Waals surface area contributed by atoms with Gasteiger partial charge in [-0.3, -0.25) is 0 Å². The first-order chi connectivity index (χ1) is 9.27. The van der Waals surface area contributed by atoms with E-state index in [9.17, 15) is 18.3 Å². The molecule has 0 aliphatic heterocycles. The summed E-state index contributed by atoms with van der Waals surface area (Å²) >= 11 is 0. The van der Waals surface area contributed by atoms with Crippen molar-refractivity contribution in [2.75, 3.05) is 0 Å². The molecule has 0 aliphatic rings. The van der Waals surface area contributed by atoms with Gasteiger partial charge in [0.05, 0.1) is 0 Å². The standard InChI is InChI=1S/C15H16F3NO/c1-10-3-4-11(2)13(7-10)9-19-6-5-12(8-19)14(20)15(16,17)18/h3-8,14,20H,9H2,1-2H3. The Kier molecular flexibility index (Phi) is 3.90. The van der Waals surface area contributed by atoms with Gasteiger partial charge in [0.15, 0.2) is 6.10 Å². The normalized spacial score (nSPS) is 13.5. The second-order valence-corrected chi connectivity index (χ2v) is 4.99. The summed E-state index contributed by atoms with van der Waals surface area (Å²) in [6.45, 7) is 4.42. The van der Waals surface area contributed by atoms with Crippen molar-refractivity contribution in [3.05, 3.63) is 58.9 Å². The smallest absolute Gasteiger partial charge is 0.379 e. The Morgan fingerprint density at radius 3 is 2.55 bits per heavy atom. The summed E-state index contributed by atoms with van der Waals surface area (Å²) < 4.78 is 38.9. The molecule has 2 aromatic rings. The highest BCUT2D eigenvalue weighted by molar-refractivity contribution is 5.31. The van der Waals surface area contributed by atoms with Crippen LogP contribution in [0, 0.1) is 13.8 Å². The molecule has 1 heterocycles. The van der Waals surface area contributed by atoms with Crippen molar-refractivity contribution < 1.29 is 18.3 Å². The van der Waals surface area contributed by atoms with Crippen LogP contribution in [0.2, 0.25) is 0 Å². The summed E-state index contributed by atoms with van der Waals surface area (Å²) in [6, 6.07) is 7.28. The van der Waals surface area contributed by atoms with Crippen LogP contribution in [-0.2, 0) is 6.54 Å². The van der Waals surface area contributed by atoms with Crippen LogP contribution in [0.3, 0.4) is 0 Å². The molecule has 20 heavy (non-hydrogen) atoms. The molecule has 1 atom stereocenters. The van der Waals surface area contributed by atoms with Crippen LogP contribution >= 0.6 is 0 Å². The lowest BCUT2D eigenvalue weighted by atomic mass is 10.1. The lowest BCUT2D eigenvalue weighted by molar-refractivity contribution is -0.206. The highest BCUT2D eigenvalue weighted by atomic mass is 19.4. The number of aryl methyl sites for hydroxylation is 2. The molecule has 1 aromatic heterocycles.